The maximum atomic E-state index is 11.5. The van der Waals surface area contributed by atoms with Gasteiger partial charge in [-0.1, -0.05) is 6.92 Å². The Morgan fingerprint density at radius 1 is 1.42 bits per heavy atom. The van der Waals surface area contributed by atoms with E-state index in [-0.39, 0.29) is 13.0 Å². The van der Waals surface area contributed by atoms with Crippen molar-refractivity contribution in [1.82, 2.24) is 15.5 Å². The lowest BCUT2D eigenvalue weighted by Gasteiger charge is -2.20. The quantitative estimate of drug-likeness (QED) is 0.458. The van der Waals surface area contributed by atoms with Gasteiger partial charge in [-0.3, -0.25) is 4.90 Å². The molecule has 0 spiro atoms. The number of rotatable bonds is 9. The van der Waals surface area contributed by atoms with Crippen LogP contribution in [0.15, 0.2) is 0 Å². The van der Waals surface area contributed by atoms with Gasteiger partial charge in [0, 0.05) is 32.2 Å². The van der Waals surface area contributed by atoms with E-state index < -0.39 is 18.0 Å². The molecule has 0 bridgehead atoms. The lowest BCUT2D eigenvalue weighted by Crippen LogP contribution is -2.48. The van der Waals surface area contributed by atoms with Crippen LogP contribution in [0.4, 0.5) is 4.79 Å². The highest BCUT2D eigenvalue weighted by molar-refractivity contribution is 5.82. The number of hydrogen-bond donors (Lipinski definition) is 4. The van der Waals surface area contributed by atoms with E-state index in [1.807, 2.05) is 0 Å². The Bertz CT molecular complexity index is 307. The zero-order valence-corrected chi connectivity index (χ0v) is 11.3. The van der Waals surface area contributed by atoms with Gasteiger partial charge in [-0.25, -0.2) is 9.59 Å². The van der Waals surface area contributed by atoms with Crippen LogP contribution in [0.5, 0.6) is 0 Å². The molecule has 0 unspecified atom stereocenters. The summed E-state index contributed by atoms with van der Waals surface area (Å²) in [4.78, 5) is 24.6. The topological polar surface area (TPSA) is 102 Å². The van der Waals surface area contributed by atoms with Gasteiger partial charge in [-0.2, -0.15) is 0 Å². The number of nitrogens with one attached hydrogen (secondary N) is 2. The SMILES string of the molecule is CCN(CCNC(=O)N[C@H](CCO)C(=O)O)C1CC1. The van der Waals surface area contributed by atoms with Gasteiger partial charge in [0.15, 0.2) is 0 Å². The van der Waals surface area contributed by atoms with Crippen molar-refractivity contribution in [2.45, 2.75) is 38.3 Å². The molecule has 2 amide bonds. The van der Waals surface area contributed by atoms with Crippen molar-refractivity contribution in [3.8, 4) is 0 Å². The second kappa shape index (κ2) is 7.96. The number of carboxylic acids is 1. The summed E-state index contributed by atoms with van der Waals surface area (Å²) < 4.78 is 0. The molecule has 1 aliphatic rings. The molecule has 19 heavy (non-hydrogen) atoms. The zero-order chi connectivity index (χ0) is 14.3. The Morgan fingerprint density at radius 3 is 2.58 bits per heavy atom. The molecule has 7 nitrogen and oxygen atoms in total. The van der Waals surface area contributed by atoms with Gasteiger partial charge in [-0.05, 0) is 19.4 Å². The van der Waals surface area contributed by atoms with Gasteiger partial charge >= 0.3 is 12.0 Å². The van der Waals surface area contributed by atoms with Gasteiger partial charge in [0.2, 0.25) is 0 Å². The minimum absolute atomic E-state index is 0.00587. The molecule has 1 fully saturated rings. The molecule has 1 atom stereocenters. The summed E-state index contributed by atoms with van der Waals surface area (Å²) in [6.45, 7) is 4.02. The molecule has 1 aliphatic carbocycles. The summed E-state index contributed by atoms with van der Waals surface area (Å²) in [6, 6.07) is -0.903. The Labute approximate surface area is 113 Å². The van der Waals surface area contributed by atoms with Crippen LogP contribution in [0.3, 0.4) is 0 Å². The van der Waals surface area contributed by atoms with E-state index in [1.165, 1.54) is 12.8 Å². The van der Waals surface area contributed by atoms with Crippen LogP contribution in [-0.4, -0.2) is 65.4 Å². The van der Waals surface area contributed by atoms with Crippen LogP contribution in [-0.2, 0) is 4.79 Å². The van der Waals surface area contributed by atoms with E-state index in [0.717, 1.165) is 13.1 Å². The van der Waals surface area contributed by atoms with Crippen molar-refractivity contribution < 1.29 is 19.8 Å². The third kappa shape index (κ3) is 5.89. The number of carboxylic acid groups (broad SMARTS) is 1. The first-order valence-corrected chi connectivity index (χ1v) is 6.70. The number of urea groups is 1. The molecule has 0 aliphatic heterocycles. The summed E-state index contributed by atoms with van der Waals surface area (Å²) in [5, 5.41) is 22.5. The highest BCUT2D eigenvalue weighted by atomic mass is 16.4. The van der Waals surface area contributed by atoms with Crippen molar-refractivity contribution in [3.63, 3.8) is 0 Å². The minimum atomic E-state index is -1.14. The number of likely N-dealkylation sites (N-methyl/N-ethyl adjacent to an activating group) is 1. The van der Waals surface area contributed by atoms with E-state index in [1.54, 1.807) is 0 Å². The zero-order valence-electron chi connectivity index (χ0n) is 11.3. The van der Waals surface area contributed by atoms with Crippen LogP contribution in [0, 0.1) is 0 Å². The maximum Gasteiger partial charge on any atom is 0.326 e. The molecule has 7 heteroatoms. The number of nitrogens with zero attached hydrogens (tertiary/aromatic N) is 1. The van der Waals surface area contributed by atoms with Crippen molar-refractivity contribution in [1.29, 1.82) is 0 Å². The molecule has 0 aromatic carbocycles. The molecule has 4 N–H and O–H groups in total. The Balaban J connectivity index is 2.20. The van der Waals surface area contributed by atoms with E-state index in [9.17, 15) is 9.59 Å². The highest BCUT2D eigenvalue weighted by Crippen LogP contribution is 2.25. The average Bonchev–Trinajstić information content (AvgIpc) is 3.18. The third-order valence-electron chi connectivity index (χ3n) is 3.18. The highest BCUT2D eigenvalue weighted by Gasteiger charge is 2.27. The fraction of sp³-hybridized carbons (Fsp3) is 0.833. The largest absolute Gasteiger partial charge is 0.480 e. The van der Waals surface area contributed by atoms with Crippen LogP contribution in [0.2, 0.25) is 0 Å². The summed E-state index contributed by atoms with van der Waals surface area (Å²) in [6.07, 6.45) is 2.45. The number of aliphatic hydroxyl groups is 1. The number of amides is 2. The molecule has 1 saturated carbocycles. The molecule has 0 aromatic rings. The second-order valence-corrected chi connectivity index (χ2v) is 4.66. The Hall–Kier alpha value is -1.34. The van der Waals surface area contributed by atoms with Crippen molar-refractivity contribution >= 4 is 12.0 Å². The van der Waals surface area contributed by atoms with Gasteiger partial charge in [0.1, 0.15) is 6.04 Å². The number of aliphatic carboxylic acids is 1. The Kier molecular flexibility index (Phi) is 6.58. The standard InChI is InChI=1S/C12H23N3O4/c1-2-15(9-3-4-9)7-6-13-12(19)14-10(5-8-16)11(17)18/h9-10,16H,2-8H2,1H3,(H,17,18)(H2,13,14,19)/t10-/m1/s1. The fourth-order valence-corrected chi connectivity index (χ4v) is 1.95. The molecule has 0 saturated heterocycles. The predicted molar refractivity (Wildman–Crippen MR) is 69.9 cm³/mol. The molecular weight excluding hydrogens is 250 g/mol. The third-order valence-corrected chi connectivity index (χ3v) is 3.18. The van der Waals surface area contributed by atoms with Crippen LogP contribution in [0.25, 0.3) is 0 Å². The number of carbonyl (C=O) groups is 2. The number of carbonyl (C=O) groups excluding carboxylic acids is 1. The first-order valence-electron chi connectivity index (χ1n) is 6.70. The van der Waals surface area contributed by atoms with E-state index in [2.05, 4.69) is 22.5 Å². The summed E-state index contributed by atoms with van der Waals surface area (Å²) in [5.41, 5.74) is 0. The lowest BCUT2D eigenvalue weighted by atomic mass is 10.2. The Morgan fingerprint density at radius 2 is 2.11 bits per heavy atom. The van der Waals surface area contributed by atoms with Crippen molar-refractivity contribution in [2.75, 3.05) is 26.2 Å². The van der Waals surface area contributed by atoms with Gasteiger partial charge < -0.3 is 20.8 Å². The normalized spacial score (nSPS) is 16.2. The second-order valence-electron chi connectivity index (χ2n) is 4.66. The van der Waals surface area contributed by atoms with Crippen LogP contribution < -0.4 is 10.6 Å². The maximum absolute atomic E-state index is 11.5. The molecule has 0 heterocycles. The molecule has 0 aromatic heterocycles. The van der Waals surface area contributed by atoms with Gasteiger partial charge in [0.25, 0.3) is 0 Å². The van der Waals surface area contributed by atoms with Crippen molar-refractivity contribution in [3.05, 3.63) is 0 Å². The smallest absolute Gasteiger partial charge is 0.326 e. The van der Waals surface area contributed by atoms with E-state index in [0.29, 0.717) is 12.6 Å². The van der Waals surface area contributed by atoms with Gasteiger partial charge in [0.05, 0.1) is 0 Å². The van der Waals surface area contributed by atoms with Gasteiger partial charge in [-0.15, -0.1) is 0 Å². The summed E-state index contributed by atoms with van der Waals surface area (Å²) in [7, 11) is 0. The number of hydrogen-bond acceptors (Lipinski definition) is 4. The number of aliphatic hydroxyl groups excluding tert-OH is 1. The van der Waals surface area contributed by atoms with Crippen LogP contribution in [0.1, 0.15) is 26.2 Å². The monoisotopic (exact) mass is 273 g/mol. The molecule has 110 valence electrons. The molecule has 0 radical (unpaired) electrons. The first-order chi connectivity index (χ1) is 9.08. The first kappa shape index (κ1) is 15.7. The molecule has 1 rings (SSSR count). The van der Waals surface area contributed by atoms with E-state index >= 15 is 0 Å². The lowest BCUT2D eigenvalue weighted by molar-refractivity contribution is -0.139. The molecular formula is C12H23N3O4. The summed E-state index contributed by atoms with van der Waals surface area (Å²) in [5.74, 6) is -1.14. The average molecular weight is 273 g/mol. The van der Waals surface area contributed by atoms with Crippen molar-refractivity contribution in [2.24, 2.45) is 0 Å². The predicted octanol–water partition coefficient (Wildman–Crippen LogP) is -0.394. The van der Waals surface area contributed by atoms with E-state index in [4.69, 9.17) is 10.2 Å². The fourth-order valence-electron chi connectivity index (χ4n) is 1.95. The summed E-state index contributed by atoms with van der Waals surface area (Å²) >= 11 is 0. The van der Waals surface area contributed by atoms with Crippen LogP contribution >= 0.6 is 0 Å². The minimum Gasteiger partial charge on any atom is -0.480 e.